The lowest BCUT2D eigenvalue weighted by atomic mass is 9.83. The highest BCUT2D eigenvalue weighted by Gasteiger charge is 2.31. The van der Waals surface area contributed by atoms with Crippen LogP contribution in [0.2, 0.25) is 0 Å². The molecule has 112 valence electrons. The number of carbonyl (C=O) groups is 1. The van der Waals surface area contributed by atoms with Crippen molar-refractivity contribution in [2.75, 3.05) is 0 Å². The summed E-state index contributed by atoms with van der Waals surface area (Å²) >= 11 is 0. The number of halogens is 3. The fourth-order valence-electron chi connectivity index (χ4n) is 1.60. The van der Waals surface area contributed by atoms with E-state index in [1.54, 1.807) is 0 Å². The van der Waals surface area contributed by atoms with Crippen LogP contribution >= 0.6 is 0 Å². The average Bonchev–Trinajstić information content (AvgIpc) is 2.27. The summed E-state index contributed by atoms with van der Waals surface area (Å²) in [5, 5.41) is 0. The van der Waals surface area contributed by atoms with Gasteiger partial charge in [0.1, 0.15) is 5.75 Å². The summed E-state index contributed by atoms with van der Waals surface area (Å²) in [6, 6.07) is 4.59. The number of rotatable bonds is 4. The van der Waals surface area contributed by atoms with E-state index in [9.17, 15) is 18.0 Å². The second kappa shape index (κ2) is 5.83. The monoisotopic (exact) mass is 289 g/mol. The van der Waals surface area contributed by atoms with E-state index in [-0.39, 0.29) is 23.4 Å². The van der Waals surface area contributed by atoms with Crippen molar-refractivity contribution in [3.05, 3.63) is 29.8 Å². The van der Waals surface area contributed by atoms with Crippen molar-refractivity contribution < 1.29 is 22.7 Å². The minimum absolute atomic E-state index is 0.0880. The molecule has 0 heterocycles. The van der Waals surface area contributed by atoms with E-state index >= 15 is 0 Å². The van der Waals surface area contributed by atoms with Gasteiger partial charge >= 0.3 is 6.36 Å². The molecule has 1 aromatic carbocycles. The second-order valence-electron chi connectivity index (χ2n) is 5.68. The summed E-state index contributed by atoms with van der Waals surface area (Å²) in [6.45, 7) is 5.57. The molecule has 0 aliphatic rings. The molecule has 0 amide bonds. The molecule has 6 heteroatoms. The quantitative estimate of drug-likeness (QED) is 0.926. The molecule has 1 rings (SSSR count). The summed E-state index contributed by atoms with van der Waals surface area (Å²) in [5.41, 5.74) is 6.08. The van der Waals surface area contributed by atoms with Crippen molar-refractivity contribution in [1.29, 1.82) is 0 Å². The minimum atomic E-state index is -4.72. The van der Waals surface area contributed by atoms with Crippen LogP contribution in [0.25, 0.3) is 0 Å². The molecule has 0 radical (unpaired) electrons. The normalized spacial score (nSPS) is 13.9. The number of ketones is 1. The molecular formula is C14H18F3NO2. The van der Waals surface area contributed by atoms with Gasteiger partial charge in [-0.2, -0.15) is 0 Å². The van der Waals surface area contributed by atoms with E-state index in [0.29, 0.717) is 5.56 Å². The highest BCUT2D eigenvalue weighted by atomic mass is 19.4. The SMILES string of the molecule is CC(C)(C)C(N)C(=O)Cc1ccc(OC(F)(F)F)cc1. The van der Waals surface area contributed by atoms with Crippen LogP contribution in [-0.2, 0) is 11.2 Å². The van der Waals surface area contributed by atoms with E-state index in [0.717, 1.165) is 0 Å². The van der Waals surface area contributed by atoms with Crippen LogP contribution < -0.4 is 10.5 Å². The Labute approximate surface area is 115 Å². The first-order valence-electron chi connectivity index (χ1n) is 6.12. The van der Waals surface area contributed by atoms with Crippen LogP contribution in [0.1, 0.15) is 26.3 Å². The molecule has 2 N–H and O–H groups in total. The van der Waals surface area contributed by atoms with Crippen LogP contribution in [0.4, 0.5) is 13.2 Å². The van der Waals surface area contributed by atoms with Crippen LogP contribution in [-0.4, -0.2) is 18.2 Å². The van der Waals surface area contributed by atoms with Gasteiger partial charge in [-0.25, -0.2) is 0 Å². The van der Waals surface area contributed by atoms with Crippen molar-refractivity contribution in [2.45, 2.75) is 39.6 Å². The highest BCUT2D eigenvalue weighted by molar-refractivity contribution is 5.86. The zero-order chi connectivity index (χ0) is 15.6. The topological polar surface area (TPSA) is 52.3 Å². The summed E-state index contributed by atoms with van der Waals surface area (Å²) in [7, 11) is 0. The van der Waals surface area contributed by atoms with E-state index < -0.39 is 12.4 Å². The third-order valence-electron chi connectivity index (χ3n) is 2.82. The van der Waals surface area contributed by atoms with E-state index in [4.69, 9.17) is 5.73 Å². The molecule has 0 saturated heterocycles. The molecule has 3 nitrogen and oxygen atoms in total. The Kier molecular flexibility index (Phi) is 4.81. The standard InChI is InChI=1S/C14H18F3NO2/c1-13(2,3)12(18)11(19)8-9-4-6-10(7-5-9)20-14(15,16)17/h4-7,12H,8,18H2,1-3H3. The van der Waals surface area contributed by atoms with Gasteiger partial charge < -0.3 is 10.5 Å². The van der Waals surface area contributed by atoms with E-state index in [2.05, 4.69) is 4.74 Å². The first-order valence-corrected chi connectivity index (χ1v) is 6.12. The molecule has 0 saturated carbocycles. The Morgan fingerprint density at radius 1 is 1.20 bits per heavy atom. The molecule has 0 spiro atoms. The van der Waals surface area contributed by atoms with Crippen LogP contribution in [0.3, 0.4) is 0 Å². The Bertz CT molecular complexity index is 461. The van der Waals surface area contributed by atoms with Gasteiger partial charge in [0.05, 0.1) is 6.04 Å². The van der Waals surface area contributed by atoms with Crippen LogP contribution in [0, 0.1) is 5.41 Å². The molecule has 0 bridgehead atoms. The van der Waals surface area contributed by atoms with Crippen LogP contribution in [0.5, 0.6) is 5.75 Å². The maximum Gasteiger partial charge on any atom is 0.573 e. The highest BCUT2D eigenvalue weighted by Crippen LogP contribution is 2.23. The van der Waals surface area contributed by atoms with E-state index in [1.165, 1.54) is 24.3 Å². The Hall–Kier alpha value is -1.56. The first kappa shape index (κ1) is 16.5. The molecule has 0 aromatic heterocycles. The van der Waals surface area contributed by atoms with E-state index in [1.807, 2.05) is 20.8 Å². The maximum absolute atomic E-state index is 12.0. The van der Waals surface area contributed by atoms with Crippen molar-refractivity contribution in [3.63, 3.8) is 0 Å². The van der Waals surface area contributed by atoms with Gasteiger partial charge in [0, 0.05) is 6.42 Å². The molecule has 0 aliphatic carbocycles. The molecule has 1 aromatic rings. The predicted molar refractivity (Wildman–Crippen MR) is 69.3 cm³/mol. The van der Waals surface area contributed by atoms with Gasteiger partial charge in [-0.05, 0) is 23.1 Å². The number of alkyl halides is 3. The van der Waals surface area contributed by atoms with Crippen molar-refractivity contribution in [2.24, 2.45) is 11.1 Å². The first-order chi connectivity index (χ1) is 8.99. The van der Waals surface area contributed by atoms with Crippen molar-refractivity contribution in [3.8, 4) is 5.75 Å². The number of benzene rings is 1. The van der Waals surface area contributed by atoms with Gasteiger partial charge in [-0.1, -0.05) is 32.9 Å². The molecule has 1 atom stereocenters. The van der Waals surface area contributed by atoms with Crippen molar-refractivity contribution >= 4 is 5.78 Å². The number of ether oxygens (including phenoxy) is 1. The number of nitrogens with two attached hydrogens (primary N) is 1. The summed E-state index contributed by atoms with van der Waals surface area (Å²) in [6.07, 6.45) is -4.63. The Morgan fingerprint density at radius 3 is 2.10 bits per heavy atom. The third kappa shape index (κ3) is 5.21. The molecule has 1 unspecified atom stereocenters. The zero-order valence-corrected chi connectivity index (χ0v) is 11.6. The number of Topliss-reactive ketones (excluding diaryl/α,β-unsaturated/α-hetero) is 1. The summed E-state index contributed by atoms with van der Waals surface area (Å²) < 4.78 is 39.7. The molecule has 20 heavy (non-hydrogen) atoms. The number of hydrogen-bond acceptors (Lipinski definition) is 3. The van der Waals surface area contributed by atoms with Gasteiger partial charge in [0.2, 0.25) is 0 Å². The maximum atomic E-state index is 12.0. The third-order valence-corrected chi connectivity index (χ3v) is 2.82. The smallest absolute Gasteiger partial charge is 0.406 e. The predicted octanol–water partition coefficient (Wildman–Crippen LogP) is 3.07. The lowest BCUT2D eigenvalue weighted by molar-refractivity contribution is -0.274. The fourth-order valence-corrected chi connectivity index (χ4v) is 1.60. The fraction of sp³-hybridized carbons (Fsp3) is 0.500. The van der Waals surface area contributed by atoms with Gasteiger partial charge in [0.15, 0.2) is 5.78 Å². The van der Waals surface area contributed by atoms with Crippen molar-refractivity contribution in [1.82, 2.24) is 0 Å². The average molecular weight is 289 g/mol. The second-order valence-corrected chi connectivity index (χ2v) is 5.68. The largest absolute Gasteiger partial charge is 0.573 e. The lowest BCUT2D eigenvalue weighted by Crippen LogP contribution is -2.43. The molecule has 0 aliphatic heterocycles. The Balaban J connectivity index is 2.69. The summed E-state index contributed by atoms with van der Waals surface area (Å²) in [4.78, 5) is 11.9. The van der Waals surface area contributed by atoms with Gasteiger partial charge in [-0.15, -0.1) is 13.2 Å². The van der Waals surface area contributed by atoms with Gasteiger partial charge in [-0.3, -0.25) is 4.79 Å². The number of hydrogen-bond donors (Lipinski definition) is 1. The lowest BCUT2D eigenvalue weighted by Gasteiger charge is -2.25. The molecular weight excluding hydrogens is 271 g/mol. The Morgan fingerprint density at radius 2 is 1.70 bits per heavy atom. The van der Waals surface area contributed by atoms with Gasteiger partial charge in [0.25, 0.3) is 0 Å². The zero-order valence-electron chi connectivity index (χ0n) is 11.6. The van der Waals surface area contributed by atoms with Crippen LogP contribution in [0.15, 0.2) is 24.3 Å². The summed E-state index contributed by atoms with van der Waals surface area (Å²) in [5.74, 6) is -0.462. The molecule has 0 fully saturated rings. The number of carbonyl (C=O) groups excluding carboxylic acids is 1. The minimum Gasteiger partial charge on any atom is -0.406 e.